The van der Waals surface area contributed by atoms with Crippen molar-refractivity contribution >= 4 is 45.8 Å². The van der Waals surface area contributed by atoms with E-state index < -0.39 is 10.0 Å². The molecule has 0 radical (unpaired) electrons. The molecule has 1 unspecified atom stereocenters. The van der Waals surface area contributed by atoms with Crippen molar-refractivity contribution in [3.05, 3.63) is 41.4 Å². The van der Waals surface area contributed by atoms with E-state index in [0.717, 1.165) is 10.7 Å². The Labute approximate surface area is 163 Å². The van der Waals surface area contributed by atoms with Crippen LogP contribution in [0.2, 0.25) is 5.02 Å². The number of rotatable bonds is 4. The number of piperazine rings is 1. The average molecular weight is 423 g/mol. The highest BCUT2D eigenvalue weighted by molar-refractivity contribution is 7.98. The molecule has 1 aliphatic heterocycles. The van der Waals surface area contributed by atoms with E-state index in [1.165, 1.54) is 22.1 Å². The minimum Gasteiger partial charge on any atom is -0.337 e. The van der Waals surface area contributed by atoms with Gasteiger partial charge in [0.15, 0.2) is 0 Å². The summed E-state index contributed by atoms with van der Waals surface area (Å²) in [7, 11) is -1.79. The second kappa shape index (κ2) is 8.28. The first-order valence-corrected chi connectivity index (χ1v) is 10.5. The summed E-state index contributed by atoms with van der Waals surface area (Å²) in [6.45, 7) is 1.53. The third-order valence-corrected chi connectivity index (χ3v) is 7.21. The summed E-state index contributed by atoms with van der Waals surface area (Å²) in [6.07, 6.45) is 5.40. The molecule has 1 atom stereocenters. The van der Waals surface area contributed by atoms with Crippen molar-refractivity contribution in [3.8, 4) is 0 Å². The van der Waals surface area contributed by atoms with Crippen molar-refractivity contribution in [3.63, 3.8) is 0 Å². The fourth-order valence-electron chi connectivity index (χ4n) is 2.83. The van der Waals surface area contributed by atoms with E-state index in [1.54, 1.807) is 18.3 Å². The zero-order valence-electron chi connectivity index (χ0n) is 13.8. The molecule has 1 N–H and O–H groups in total. The molecular weight excluding hydrogens is 403 g/mol. The maximum atomic E-state index is 13.2. The van der Waals surface area contributed by atoms with Crippen LogP contribution in [0.15, 0.2) is 40.4 Å². The molecule has 1 aliphatic rings. The number of hydrogen-bond donors (Lipinski definition) is 1. The van der Waals surface area contributed by atoms with Gasteiger partial charge in [0.05, 0.1) is 16.0 Å². The maximum absolute atomic E-state index is 13.2. The Morgan fingerprint density at radius 1 is 1.40 bits per heavy atom. The van der Waals surface area contributed by atoms with Gasteiger partial charge in [0, 0.05) is 44.0 Å². The van der Waals surface area contributed by atoms with Gasteiger partial charge in [-0.25, -0.2) is 13.4 Å². The van der Waals surface area contributed by atoms with Crippen LogP contribution in [0.4, 0.5) is 0 Å². The summed E-state index contributed by atoms with van der Waals surface area (Å²) >= 11 is 7.69. The van der Waals surface area contributed by atoms with Crippen molar-refractivity contribution in [1.82, 2.24) is 19.2 Å². The molecule has 1 fully saturated rings. The van der Waals surface area contributed by atoms with Crippen LogP contribution in [0.25, 0.3) is 0 Å². The molecule has 1 aromatic carbocycles. The van der Waals surface area contributed by atoms with Gasteiger partial charge in [0.25, 0.3) is 0 Å². The van der Waals surface area contributed by atoms with Crippen LogP contribution in [-0.2, 0) is 17.1 Å². The zero-order chi connectivity index (χ0) is 17.3. The van der Waals surface area contributed by atoms with E-state index in [0.29, 0.717) is 24.7 Å². The number of nitrogens with zero attached hydrogens (tertiary/aromatic N) is 3. The fourth-order valence-corrected chi connectivity index (χ4v) is 5.38. The number of nitrogens with one attached hydrogen (secondary N) is 1. The normalized spacial score (nSPS) is 18.8. The Morgan fingerprint density at radius 3 is 2.76 bits per heavy atom. The highest BCUT2D eigenvalue weighted by atomic mass is 35.5. The third-order valence-electron chi connectivity index (χ3n) is 4.08. The Morgan fingerprint density at radius 2 is 2.16 bits per heavy atom. The summed E-state index contributed by atoms with van der Waals surface area (Å²) in [5.41, 5.74) is 0. The molecule has 0 spiro atoms. The summed E-state index contributed by atoms with van der Waals surface area (Å²) in [5.74, 6) is 0.720. The van der Waals surface area contributed by atoms with E-state index in [1.807, 2.05) is 24.1 Å². The topological polar surface area (TPSA) is 67.2 Å². The van der Waals surface area contributed by atoms with Gasteiger partial charge in [0.1, 0.15) is 5.82 Å². The van der Waals surface area contributed by atoms with Gasteiger partial charge in [-0.2, -0.15) is 4.31 Å². The van der Waals surface area contributed by atoms with Crippen LogP contribution in [0.5, 0.6) is 0 Å². The first-order chi connectivity index (χ1) is 11.4. The molecule has 0 aliphatic carbocycles. The minimum absolute atomic E-state index is 0. The molecule has 0 saturated carbocycles. The van der Waals surface area contributed by atoms with Crippen LogP contribution < -0.4 is 5.32 Å². The van der Waals surface area contributed by atoms with Crippen LogP contribution >= 0.6 is 35.8 Å². The lowest BCUT2D eigenvalue weighted by atomic mass is 10.2. The fraction of sp³-hybridized carbons (Fsp3) is 0.400. The molecule has 2 heterocycles. The van der Waals surface area contributed by atoms with Crippen molar-refractivity contribution in [2.45, 2.75) is 15.8 Å². The monoisotopic (exact) mass is 422 g/mol. The SMILES string of the molecule is CSc1ccc(S(=O)(=O)N2CCNCC2c2nccn2C)cc1Cl.Cl. The second-order valence-electron chi connectivity index (χ2n) is 5.53. The van der Waals surface area contributed by atoms with Gasteiger partial charge in [-0.1, -0.05) is 11.6 Å². The first kappa shape index (κ1) is 20.5. The van der Waals surface area contributed by atoms with Crippen LogP contribution in [0, 0.1) is 0 Å². The number of aryl methyl sites for hydroxylation is 1. The Hall–Kier alpha value is -0.770. The van der Waals surface area contributed by atoms with Gasteiger partial charge < -0.3 is 9.88 Å². The Balaban J connectivity index is 0.00000225. The Bertz CT molecular complexity index is 842. The molecule has 6 nitrogen and oxygen atoms in total. The van der Waals surface area contributed by atoms with Crippen LogP contribution in [0.3, 0.4) is 0 Å². The highest BCUT2D eigenvalue weighted by Gasteiger charge is 2.36. The number of benzene rings is 1. The van der Waals surface area contributed by atoms with Gasteiger partial charge in [-0.3, -0.25) is 0 Å². The molecule has 25 heavy (non-hydrogen) atoms. The van der Waals surface area contributed by atoms with E-state index in [4.69, 9.17) is 11.6 Å². The molecular formula is C15H20Cl2N4O2S2. The summed E-state index contributed by atoms with van der Waals surface area (Å²) in [4.78, 5) is 5.40. The summed E-state index contributed by atoms with van der Waals surface area (Å²) in [5, 5.41) is 3.70. The number of thioether (sulfide) groups is 1. The predicted octanol–water partition coefficient (Wildman–Crippen LogP) is 2.55. The maximum Gasteiger partial charge on any atom is 0.243 e. The van der Waals surface area contributed by atoms with Crippen LogP contribution in [-0.4, -0.2) is 48.2 Å². The molecule has 10 heteroatoms. The third kappa shape index (κ3) is 3.99. The van der Waals surface area contributed by atoms with E-state index in [2.05, 4.69) is 10.3 Å². The number of aromatic nitrogens is 2. The number of halogens is 2. The summed E-state index contributed by atoms with van der Waals surface area (Å²) < 4.78 is 29.7. The van der Waals surface area contributed by atoms with Crippen molar-refractivity contribution in [2.24, 2.45) is 7.05 Å². The molecule has 1 saturated heterocycles. The highest BCUT2D eigenvalue weighted by Crippen LogP contribution is 2.32. The van der Waals surface area contributed by atoms with Crippen molar-refractivity contribution < 1.29 is 8.42 Å². The largest absolute Gasteiger partial charge is 0.337 e. The first-order valence-electron chi connectivity index (χ1n) is 7.48. The molecule has 3 rings (SSSR count). The number of hydrogen-bond acceptors (Lipinski definition) is 5. The number of sulfonamides is 1. The zero-order valence-corrected chi connectivity index (χ0v) is 17.1. The van der Waals surface area contributed by atoms with E-state index in [-0.39, 0.29) is 23.3 Å². The standard InChI is InChI=1S/C15H19ClN4O2S2.ClH/c1-19-7-6-18-15(19)13-10-17-5-8-20(13)24(21,22)11-3-4-14(23-2)12(16)9-11;/h3-4,6-7,9,13,17H,5,8,10H2,1-2H3;1H. The van der Waals surface area contributed by atoms with E-state index in [9.17, 15) is 8.42 Å². The lowest BCUT2D eigenvalue weighted by Gasteiger charge is -2.34. The van der Waals surface area contributed by atoms with Gasteiger partial charge in [0.2, 0.25) is 10.0 Å². The molecule has 2 aromatic rings. The minimum atomic E-state index is -3.66. The lowest BCUT2D eigenvalue weighted by molar-refractivity contribution is 0.258. The summed E-state index contributed by atoms with van der Waals surface area (Å²) in [6, 6.07) is 4.55. The second-order valence-corrected chi connectivity index (χ2v) is 8.67. The van der Waals surface area contributed by atoms with Crippen molar-refractivity contribution in [1.29, 1.82) is 0 Å². The molecule has 0 amide bonds. The Kier molecular flexibility index (Phi) is 6.80. The van der Waals surface area contributed by atoms with Gasteiger partial charge in [-0.05, 0) is 24.5 Å². The number of imidazole rings is 1. The quantitative estimate of drug-likeness (QED) is 0.766. The molecule has 138 valence electrons. The lowest BCUT2D eigenvalue weighted by Crippen LogP contribution is -2.49. The predicted molar refractivity (Wildman–Crippen MR) is 103 cm³/mol. The van der Waals surface area contributed by atoms with Gasteiger partial charge in [-0.15, -0.1) is 24.2 Å². The molecule has 1 aromatic heterocycles. The van der Waals surface area contributed by atoms with Gasteiger partial charge >= 0.3 is 0 Å². The van der Waals surface area contributed by atoms with E-state index >= 15 is 0 Å². The molecule has 0 bridgehead atoms. The smallest absolute Gasteiger partial charge is 0.243 e. The van der Waals surface area contributed by atoms with Crippen molar-refractivity contribution in [2.75, 3.05) is 25.9 Å². The van der Waals surface area contributed by atoms with Crippen LogP contribution in [0.1, 0.15) is 11.9 Å². The average Bonchev–Trinajstić information content (AvgIpc) is 3.00.